The molecule has 1 rings (SSSR count). The molecule has 0 aliphatic heterocycles. The summed E-state index contributed by atoms with van der Waals surface area (Å²) in [6, 6.07) is 5.50. The van der Waals surface area contributed by atoms with Crippen molar-refractivity contribution in [2.45, 2.75) is 19.8 Å². The molecule has 1 aromatic heterocycles. The molecule has 0 aliphatic rings. The van der Waals surface area contributed by atoms with Crippen LogP contribution < -0.4 is 0 Å². The maximum atomic E-state index is 10.6. The van der Waals surface area contributed by atoms with Crippen LogP contribution in [0.5, 0.6) is 0 Å². The Balaban J connectivity index is 2.66. The van der Waals surface area contributed by atoms with Gasteiger partial charge >= 0.3 is 5.97 Å². The average Bonchev–Trinajstić information content (AvgIpc) is 2.16. The number of aryl methyl sites for hydroxylation is 1. The van der Waals surface area contributed by atoms with Crippen LogP contribution in [0.2, 0.25) is 0 Å². The van der Waals surface area contributed by atoms with Crippen molar-refractivity contribution >= 4 is 12.3 Å². The maximum absolute atomic E-state index is 10.6. The van der Waals surface area contributed by atoms with E-state index in [0.717, 1.165) is 11.4 Å². The molecule has 0 radical (unpaired) electrons. The second-order valence-electron chi connectivity index (χ2n) is 3.47. The molecule has 0 spiro atoms. The van der Waals surface area contributed by atoms with Crippen molar-refractivity contribution in [2.75, 3.05) is 0 Å². The summed E-state index contributed by atoms with van der Waals surface area (Å²) in [4.78, 5) is 25.3. The van der Waals surface area contributed by atoms with Crippen molar-refractivity contribution < 1.29 is 14.7 Å². The third kappa shape index (κ3) is 3.89. The van der Waals surface area contributed by atoms with Crippen molar-refractivity contribution in [3.05, 3.63) is 29.6 Å². The summed E-state index contributed by atoms with van der Waals surface area (Å²) in [6.07, 6.45) is 0.925. The fourth-order valence-corrected chi connectivity index (χ4v) is 1.37. The number of aromatic nitrogens is 1. The van der Waals surface area contributed by atoms with E-state index in [0.29, 0.717) is 12.7 Å². The predicted octanol–water partition coefficient (Wildman–Crippen LogP) is 1.22. The first-order valence-electron chi connectivity index (χ1n) is 4.71. The number of rotatable bonds is 5. The van der Waals surface area contributed by atoms with Crippen molar-refractivity contribution in [3.8, 4) is 0 Å². The summed E-state index contributed by atoms with van der Waals surface area (Å²) in [5.74, 6) is -1.45. The van der Waals surface area contributed by atoms with Gasteiger partial charge < -0.3 is 9.90 Å². The zero-order valence-electron chi connectivity index (χ0n) is 8.51. The highest BCUT2D eigenvalue weighted by Crippen LogP contribution is 2.09. The number of aliphatic carboxylic acids is 1. The fourth-order valence-electron chi connectivity index (χ4n) is 1.37. The quantitative estimate of drug-likeness (QED) is 0.737. The van der Waals surface area contributed by atoms with E-state index in [4.69, 9.17) is 5.11 Å². The Morgan fingerprint density at radius 3 is 2.87 bits per heavy atom. The lowest BCUT2D eigenvalue weighted by molar-refractivity contribution is -0.139. The summed E-state index contributed by atoms with van der Waals surface area (Å²) in [6.45, 7) is 1.86. The minimum absolute atomic E-state index is 0.140. The van der Waals surface area contributed by atoms with Gasteiger partial charge in [-0.1, -0.05) is 6.07 Å². The molecule has 4 nitrogen and oxygen atoms in total. The van der Waals surface area contributed by atoms with Crippen LogP contribution in [0.1, 0.15) is 17.8 Å². The monoisotopic (exact) mass is 207 g/mol. The van der Waals surface area contributed by atoms with Crippen molar-refractivity contribution in [2.24, 2.45) is 5.92 Å². The van der Waals surface area contributed by atoms with Crippen LogP contribution in [0.15, 0.2) is 18.2 Å². The number of aldehydes is 1. The van der Waals surface area contributed by atoms with Crippen LogP contribution in [0.3, 0.4) is 0 Å². The smallest absolute Gasteiger partial charge is 0.304 e. The Morgan fingerprint density at radius 1 is 1.60 bits per heavy atom. The molecule has 0 saturated heterocycles. The molecule has 1 N–H and O–H groups in total. The van der Waals surface area contributed by atoms with Crippen LogP contribution in [0, 0.1) is 12.8 Å². The lowest BCUT2D eigenvalue weighted by atomic mass is 10.0. The van der Waals surface area contributed by atoms with E-state index in [-0.39, 0.29) is 6.42 Å². The highest BCUT2D eigenvalue weighted by molar-refractivity contribution is 5.71. The second-order valence-corrected chi connectivity index (χ2v) is 3.47. The topological polar surface area (TPSA) is 67.3 Å². The summed E-state index contributed by atoms with van der Waals surface area (Å²) in [5.41, 5.74) is 1.63. The molecule has 0 fully saturated rings. The van der Waals surface area contributed by atoms with Gasteiger partial charge in [0.1, 0.15) is 6.29 Å². The molecular weight excluding hydrogens is 194 g/mol. The standard InChI is InChI=1S/C11H13NO3/c1-8-3-2-4-10(12-8)5-9(7-13)6-11(14)15/h2-4,7,9H,5-6H2,1H3,(H,14,15). The van der Waals surface area contributed by atoms with E-state index >= 15 is 0 Å². The first kappa shape index (κ1) is 11.4. The van der Waals surface area contributed by atoms with Crippen LogP contribution >= 0.6 is 0 Å². The van der Waals surface area contributed by atoms with Crippen molar-refractivity contribution in [3.63, 3.8) is 0 Å². The molecule has 15 heavy (non-hydrogen) atoms. The largest absolute Gasteiger partial charge is 0.481 e. The Hall–Kier alpha value is -1.71. The van der Waals surface area contributed by atoms with Gasteiger partial charge in [0, 0.05) is 17.3 Å². The van der Waals surface area contributed by atoms with Crippen LogP contribution in [-0.4, -0.2) is 22.3 Å². The lowest BCUT2D eigenvalue weighted by Gasteiger charge is -2.06. The first-order chi connectivity index (χ1) is 7.11. The second kappa shape index (κ2) is 5.24. The average molecular weight is 207 g/mol. The molecule has 4 heteroatoms. The van der Waals surface area contributed by atoms with Gasteiger partial charge in [0.2, 0.25) is 0 Å². The summed E-state index contributed by atoms with van der Waals surface area (Å²) in [5, 5.41) is 8.57. The number of pyridine rings is 1. The Kier molecular flexibility index (Phi) is 3.97. The van der Waals surface area contributed by atoms with E-state index in [1.807, 2.05) is 19.1 Å². The molecule has 0 aliphatic carbocycles. The van der Waals surface area contributed by atoms with Gasteiger partial charge in [0.15, 0.2) is 0 Å². The van der Waals surface area contributed by atoms with Crippen molar-refractivity contribution in [1.82, 2.24) is 4.98 Å². The summed E-state index contributed by atoms with van der Waals surface area (Å²) < 4.78 is 0. The highest BCUT2D eigenvalue weighted by atomic mass is 16.4. The normalized spacial score (nSPS) is 12.1. The van der Waals surface area contributed by atoms with Gasteiger partial charge in [-0.3, -0.25) is 9.78 Å². The zero-order chi connectivity index (χ0) is 11.3. The number of carboxylic acid groups (broad SMARTS) is 1. The SMILES string of the molecule is Cc1cccc(CC(C=O)CC(=O)O)n1. The van der Waals surface area contributed by atoms with Gasteiger partial charge in [0.25, 0.3) is 0 Å². The number of hydrogen-bond donors (Lipinski definition) is 1. The fraction of sp³-hybridized carbons (Fsp3) is 0.364. The third-order valence-electron chi connectivity index (χ3n) is 2.05. The molecule has 0 saturated carbocycles. The molecular formula is C11H13NO3. The van der Waals surface area contributed by atoms with E-state index in [1.165, 1.54) is 0 Å². The summed E-state index contributed by atoms with van der Waals surface area (Å²) >= 11 is 0. The number of carbonyl (C=O) groups is 2. The van der Waals surface area contributed by atoms with Gasteiger partial charge in [-0.15, -0.1) is 0 Å². The van der Waals surface area contributed by atoms with E-state index in [9.17, 15) is 9.59 Å². The van der Waals surface area contributed by atoms with Gasteiger partial charge in [-0.05, 0) is 25.5 Å². The van der Waals surface area contributed by atoms with Gasteiger partial charge in [-0.25, -0.2) is 0 Å². The zero-order valence-corrected chi connectivity index (χ0v) is 8.51. The third-order valence-corrected chi connectivity index (χ3v) is 2.05. The minimum atomic E-state index is -0.959. The van der Waals surface area contributed by atoms with Crippen LogP contribution in [-0.2, 0) is 16.0 Å². The number of nitrogens with zero attached hydrogens (tertiary/aromatic N) is 1. The van der Waals surface area contributed by atoms with Crippen LogP contribution in [0.4, 0.5) is 0 Å². The minimum Gasteiger partial charge on any atom is -0.481 e. The highest BCUT2D eigenvalue weighted by Gasteiger charge is 2.13. The van der Waals surface area contributed by atoms with E-state index < -0.39 is 11.9 Å². The van der Waals surface area contributed by atoms with Gasteiger partial charge in [-0.2, -0.15) is 0 Å². The van der Waals surface area contributed by atoms with Gasteiger partial charge in [0.05, 0.1) is 6.42 Å². The maximum Gasteiger partial charge on any atom is 0.304 e. The Labute approximate surface area is 88.0 Å². The van der Waals surface area contributed by atoms with Crippen molar-refractivity contribution in [1.29, 1.82) is 0 Å². The van der Waals surface area contributed by atoms with E-state index in [2.05, 4.69) is 4.98 Å². The molecule has 0 aromatic carbocycles. The number of carbonyl (C=O) groups excluding carboxylic acids is 1. The molecule has 0 bridgehead atoms. The molecule has 1 atom stereocenters. The van der Waals surface area contributed by atoms with E-state index in [1.54, 1.807) is 6.07 Å². The lowest BCUT2D eigenvalue weighted by Crippen LogP contribution is -2.12. The first-order valence-corrected chi connectivity index (χ1v) is 4.71. The Morgan fingerprint density at radius 2 is 2.33 bits per heavy atom. The molecule has 0 amide bonds. The summed E-state index contributed by atoms with van der Waals surface area (Å²) in [7, 11) is 0. The number of hydrogen-bond acceptors (Lipinski definition) is 3. The molecule has 1 unspecified atom stereocenters. The molecule has 1 heterocycles. The predicted molar refractivity (Wildman–Crippen MR) is 54.5 cm³/mol. The van der Waals surface area contributed by atoms with Crippen LogP contribution in [0.25, 0.3) is 0 Å². The Bertz CT molecular complexity index is 363. The molecule has 80 valence electrons. The number of carboxylic acids is 1. The molecule has 1 aromatic rings.